The quantitative estimate of drug-likeness (QED) is 0.243. The van der Waals surface area contributed by atoms with Crippen molar-refractivity contribution in [1.29, 1.82) is 0 Å². The second kappa shape index (κ2) is 14.5. The molecule has 14 heteroatoms. The minimum Gasteiger partial charge on any atom is -0.494 e. The molecule has 3 N–H and O–H groups in total. The standard InChI is InChI=1S/C31H42N2O11S/c1-20(2)16-32(45(38,39)23-8-9-28-29(15-23)44-19-43-28)17-27(35)25(14-21-4-6-22(7-5-21)40-12-3-11-34)33(31(36)37)26-18-42-30-24(26)10-13-41-30/h4-9,15,20,24-27,30,34-35H,3,10-14,16-19H2,1-2H3,(H,36,37)/t24-,25-,26-,27+,30+/m0/s1. The molecule has 2 aromatic carbocycles. The summed E-state index contributed by atoms with van der Waals surface area (Å²) in [6, 6.07) is 9.84. The summed E-state index contributed by atoms with van der Waals surface area (Å²) < 4.78 is 56.9. The number of sulfonamides is 1. The van der Waals surface area contributed by atoms with Crippen LogP contribution >= 0.6 is 0 Å². The normalized spacial score (nSPS) is 22.0. The summed E-state index contributed by atoms with van der Waals surface area (Å²) in [5.74, 6) is 1.05. The molecule has 5 rings (SSSR count). The van der Waals surface area contributed by atoms with Gasteiger partial charge in [0.25, 0.3) is 0 Å². The van der Waals surface area contributed by atoms with Gasteiger partial charge in [-0.05, 0) is 48.6 Å². The van der Waals surface area contributed by atoms with Crippen molar-refractivity contribution in [3.8, 4) is 17.2 Å². The average Bonchev–Trinajstić information content (AvgIpc) is 3.75. The van der Waals surface area contributed by atoms with Gasteiger partial charge < -0.3 is 39.0 Å². The van der Waals surface area contributed by atoms with Gasteiger partial charge >= 0.3 is 6.09 Å². The van der Waals surface area contributed by atoms with E-state index in [1.54, 1.807) is 24.3 Å². The third-order valence-corrected chi connectivity index (χ3v) is 10.1. The molecular weight excluding hydrogens is 608 g/mol. The van der Waals surface area contributed by atoms with E-state index >= 15 is 0 Å². The Morgan fingerprint density at radius 3 is 2.53 bits per heavy atom. The number of ether oxygens (including phenoxy) is 5. The maximum Gasteiger partial charge on any atom is 0.407 e. The van der Waals surface area contributed by atoms with Gasteiger partial charge in [0.05, 0.1) is 42.9 Å². The van der Waals surface area contributed by atoms with Gasteiger partial charge in [-0.1, -0.05) is 26.0 Å². The Bertz CT molecular complexity index is 1400. The SMILES string of the molecule is CC(C)CN(C[C@@H](O)[C@H](Cc1ccc(OCCCO)cc1)N(C(=O)O)[C@H]1CO[C@H]2OCC[C@H]21)S(=O)(=O)c1ccc2c(c1)OCO2. The van der Waals surface area contributed by atoms with Crippen molar-refractivity contribution in [2.24, 2.45) is 11.8 Å². The van der Waals surface area contributed by atoms with E-state index in [9.17, 15) is 23.4 Å². The van der Waals surface area contributed by atoms with Crippen LogP contribution in [0, 0.1) is 11.8 Å². The molecule has 3 aliphatic heterocycles. The van der Waals surface area contributed by atoms with E-state index in [1.165, 1.54) is 27.4 Å². The van der Waals surface area contributed by atoms with Gasteiger partial charge in [-0.2, -0.15) is 4.31 Å². The lowest BCUT2D eigenvalue weighted by atomic mass is 9.93. The van der Waals surface area contributed by atoms with Gasteiger partial charge in [0.15, 0.2) is 17.8 Å². The van der Waals surface area contributed by atoms with Gasteiger partial charge in [0, 0.05) is 38.1 Å². The molecule has 3 heterocycles. The van der Waals surface area contributed by atoms with Crippen LogP contribution in [0.4, 0.5) is 4.79 Å². The number of amides is 1. The molecule has 0 radical (unpaired) electrons. The topological polar surface area (TPSA) is 165 Å². The highest BCUT2D eigenvalue weighted by molar-refractivity contribution is 7.89. The van der Waals surface area contributed by atoms with E-state index in [0.29, 0.717) is 43.3 Å². The molecule has 2 saturated heterocycles. The van der Waals surface area contributed by atoms with Gasteiger partial charge in [0.1, 0.15) is 5.75 Å². The molecular formula is C31H42N2O11S. The Morgan fingerprint density at radius 1 is 1.07 bits per heavy atom. The van der Waals surface area contributed by atoms with Crippen molar-refractivity contribution in [3.63, 3.8) is 0 Å². The molecule has 248 valence electrons. The third-order valence-electron chi connectivity index (χ3n) is 8.27. The molecule has 0 unspecified atom stereocenters. The van der Waals surface area contributed by atoms with E-state index in [2.05, 4.69) is 0 Å². The van der Waals surface area contributed by atoms with Crippen molar-refractivity contribution in [3.05, 3.63) is 48.0 Å². The molecule has 0 aromatic heterocycles. The maximum atomic E-state index is 14.0. The highest BCUT2D eigenvalue weighted by Crippen LogP contribution is 2.37. The number of fused-ring (bicyclic) bond motifs is 2. The van der Waals surface area contributed by atoms with Crippen LogP contribution in [0.3, 0.4) is 0 Å². The van der Waals surface area contributed by atoms with Crippen LogP contribution in [0.5, 0.6) is 17.2 Å². The fourth-order valence-electron chi connectivity index (χ4n) is 6.09. The number of aliphatic hydroxyl groups is 2. The minimum absolute atomic E-state index is 0.00645. The van der Waals surface area contributed by atoms with Crippen LogP contribution in [-0.2, 0) is 25.9 Å². The zero-order valence-corrected chi connectivity index (χ0v) is 26.3. The molecule has 0 spiro atoms. The molecule has 0 bridgehead atoms. The molecule has 1 amide bonds. The van der Waals surface area contributed by atoms with Crippen LogP contribution in [0.15, 0.2) is 47.4 Å². The molecule has 2 fully saturated rings. The smallest absolute Gasteiger partial charge is 0.407 e. The average molecular weight is 651 g/mol. The highest BCUT2D eigenvalue weighted by Gasteiger charge is 2.49. The fourth-order valence-corrected chi connectivity index (χ4v) is 7.73. The number of aliphatic hydroxyl groups excluding tert-OH is 2. The summed E-state index contributed by atoms with van der Waals surface area (Å²) >= 11 is 0. The van der Waals surface area contributed by atoms with Gasteiger partial charge in [-0.15, -0.1) is 0 Å². The Kier molecular flexibility index (Phi) is 10.7. The van der Waals surface area contributed by atoms with E-state index in [1.807, 2.05) is 13.8 Å². The first kappa shape index (κ1) is 33.2. The van der Waals surface area contributed by atoms with E-state index in [0.717, 1.165) is 5.56 Å². The van der Waals surface area contributed by atoms with Gasteiger partial charge in [-0.25, -0.2) is 13.2 Å². The fraction of sp³-hybridized carbons (Fsp3) is 0.581. The maximum absolute atomic E-state index is 14.0. The zero-order valence-electron chi connectivity index (χ0n) is 25.5. The minimum atomic E-state index is -4.12. The molecule has 0 saturated carbocycles. The number of benzene rings is 2. The second-order valence-corrected chi connectivity index (χ2v) is 13.9. The Labute approximate surface area is 263 Å². The lowest BCUT2D eigenvalue weighted by Gasteiger charge is -2.39. The van der Waals surface area contributed by atoms with Crippen molar-refractivity contribution in [2.45, 2.75) is 62.5 Å². The van der Waals surface area contributed by atoms with Crippen LogP contribution in [-0.4, -0.2) is 110 Å². The third kappa shape index (κ3) is 7.64. The second-order valence-electron chi connectivity index (χ2n) is 11.9. The van der Waals surface area contributed by atoms with Crippen LogP contribution in [0.2, 0.25) is 0 Å². The number of hydrogen-bond donors (Lipinski definition) is 3. The summed E-state index contributed by atoms with van der Waals surface area (Å²) in [4.78, 5) is 14.1. The molecule has 3 aliphatic rings. The predicted molar refractivity (Wildman–Crippen MR) is 161 cm³/mol. The van der Waals surface area contributed by atoms with Crippen LogP contribution < -0.4 is 14.2 Å². The van der Waals surface area contributed by atoms with Gasteiger partial charge in [0.2, 0.25) is 16.8 Å². The predicted octanol–water partition coefficient (Wildman–Crippen LogP) is 2.54. The Hall–Kier alpha value is -3.14. The summed E-state index contributed by atoms with van der Waals surface area (Å²) in [5.41, 5.74) is 0.729. The molecule has 13 nitrogen and oxygen atoms in total. The van der Waals surface area contributed by atoms with Crippen molar-refractivity contribution < 1.29 is 52.2 Å². The number of carbonyl (C=O) groups is 1. The monoisotopic (exact) mass is 650 g/mol. The lowest BCUT2D eigenvalue weighted by molar-refractivity contribution is -0.0906. The largest absolute Gasteiger partial charge is 0.494 e. The summed E-state index contributed by atoms with van der Waals surface area (Å²) in [5, 5.41) is 31.4. The summed E-state index contributed by atoms with van der Waals surface area (Å²) in [6.45, 7) is 4.40. The van der Waals surface area contributed by atoms with E-state index in [-0.39, 0.29) is 56.2 Å². The van der Waals surface area contributed by atoms with Crippen molar-refractivity contribution in [2.75, 3.05) is 46.3 Å². The highest BCUT2D eigenvalue weighted by atomic mass is 32.2. The Balaban J connectivity index is 1.44. The molecule has 0 aliphatic carbocycles. The van der Waals surface area contributed by atoms with E-state index < -0.39 is 40.6 Å². The summed E-state index contributed by atoms with van der Waals surface area (Å²) in [7, 11) is -4.12. The number of carboxylic acid groups (broad SMARTS) is 1. The molecule has 2 aromatic rings. The Morgan fingerprint density at radius 2 is 1.82 bits per heavy atom. The first-order valence-corrected chi connectivity index (χ1v) is 16.7. The van der Waals surface area contributed by atoms with Crippen LogP contribution in [0.1, 0.15) is 32.3 Å². The molecule has 5 atom stereocenters. The first-order chi connectivity index (χ1) is 21.6. The number of hydrogen-bond acceptors (Lipinski definition) is 10. The number of nitrogens with zero attached hydrogens (tertiary/aromatic N) is 2. The van der Waals surface area contributed by atoms with Crippen molar-refractivity contribution >= 4 is 16.1 Å². The molecule has 45 heavy (non-hydrogen) atoms. The van der Waals surface area contributed by atoms with Crippen LogP contribution in [0.25, 0.3) is 0 Å². The number of rotatable bonds is 15. The first-order valence-electron chi connectivity index (χ1n) is 15.2. The zero-order chi connectivity index (χ0) is 32.1. The van der Waals surface area contributed by atoms with Gasteiger partial charge in [-0.3, -0.25) is 4.90 Å². The summed E-state index contributed by atoms with van der Waals surface area (Å²) in [6.07, 6.45) is -1.95. The van der Waals surface area contributed by atoms with E-state index in [4.69, 9.17) is 28.8 Å². The van der Waals surface area contributed by atoms with Crippen molar-refractivity contribution in [1.82, 2.24) is 9.21 Å². The lowest BCUT2D eigenvalue weighted by Crippen LogP contribution is -2.57.